The lowest BCUT2D eigenvalue weighted by molar-refractivity contribution is 0.325. The van der Waals surface area contributed by atoms with Gasteiger partial charge < -0.3 is 14.2 Å². The lowest BCUT2D eigenvalue weighted by Crippen LogP contribution is -2.24. The first-order chi connectivity index (χ1) is 12.3. The summed E-state index contributed by atoms with van der Waals surface area (Å²) in [7, 11) is 0. The van der Waals surface area contributed by atoms with E-state index in [1.165, 1.54) is 42.6 Å². The predicted molar refractivity (Wildman–Crippen MR) is 102 cm³/mol. The van der Waals surface area contributed by atoms with E-state index in [0.29, 0.717) is 6.61 Å². The zero-order chi connectivity index (χ0) is 17.1. The van der Waals surface area contributed by atoms with E-state index < -0.39 is 0 Å². The molecule has 0 unspecified atom stereocenters. The molecule has 1 aliphatic rings. The smallest absolute Gasteiger partial charge is 0.140 e. The Balaban J connectivity index is 1.67. The van der Waals surface area contributed by atoms with E-state index in [1.807, 2.05) is 19.2 Å². The Kier molecular flexibility index (Phi) is 4.70. The third kappa shape index (κ3) is 3.40. The maximum atomic E-state index is 5.58. The van der Waals surface area contributed by atoms with Crippen molar-refractivity contribution in [2.45, 2.75) is 26.3 Å². The van der Waals surface area contributed by atoms with E-state index in [-0.39, 0.29) is 0 Å². The summed E-state index contributed by atoms with van der Waals surface area (Å²) in [4.78, 5) is 7.19. The highest BCUT2D eigenvalue weighted by Crippen LogP contribution is 2.28. The molecular formula is C21H25N3O. The molecule has 0 radical (unpaired) electrons. The van der Waals surface area contributed by atoms with Crippen LogP contribution in [0, 0.1) is 0 Å². The average molecular weight is 335 g/mol. The number of rotatable bonds is 6. The van der Waals surface area contributed by atoms with Gasteiger partial charge in [0.05, 0.1) is 12.3 Å². The number of pyridine rings is 1. The molecule has 0 amide bonds. The fourth-order valence-electron chi connectivity index (χ4n) is 3.69. The van der Waals surface area contributed by atoms with Gasteiger partial charge in [-0.2, -0.15) is 0 Å². The number of aromatic nitrogens is 2. The molecule has 3 aromatic rings. The second kappa shape index (κ2) is 7.28. The van der Waals surface area contributed by atoms with Crippen LogP contribution in [0.1, 0.15) is 19.8 Å². The fourth-order valence-corrected chi connectivity index (χ4v) is 3.69. The molecule has 130 valence electrons. The Morgan fingerprint density at radius 1 is 1.04 bits per heavy atom. The van der Waals surface area contributed by atoms with Gasteiger partial charge in [-0.25, -0.2) is 4.98 Å². The van der Waals surface area contributed by atoms with Gasteiger partial charge in [-0.1, -0.05) is 0 Å². The monoisotopic (exact) mass is 335 g/mol. The summed E-state index contributed by atoms with van der Waals surface area (Å²) >= 11 is 0. The van der Waals surface area contributed by atoms with Gasteiger partial charge in [0.25, 0.3) is 0 Å². The van der Waals surface area contributed by atoms with Crippen molar-refractivity contribution in [2.75, 3.05) is 26.2 Å². The second-order valence-corrected chi connectivity index (χ2v) is 6.60. The molecule has 1 fully saturated rings. The van der Waals surface area contributed by atoms with Gasteiger partial charge in [0.15, 0.2) is 0 Å². The van der Waals surface area contributed by atoms with Crippen LogP contribution in [-0.4, -0.2) is 40.7 Å². The fraction of sp³-hybridized carbons (Fsp3) is 0.381. The molecular weight excluding hydrogens is 310 g/mol. The number of hydrogen-bond acceptors (Lipinski definition) is 3. The van der Waals surface area contributed by atoms with Crippen LogP contribution in [0.2, 0.25) is 0 Å². The minimum absolute atomic E-state index is 0.694. The highest BCUT2D eigenvalue weighted by Gasteiger charge is 2.15. The Morgan fingerprint density at radius 2 is 1.84 bits per heavy atom. The van der Waals surface area contributed by atoms with Crippen molar-refractivity contribution in [1.29, 1.82) is 0 Å². The number of likely N-dealkylation sites (tertiary alicyclic amines) is 1. The molecule has 4 rings (SSSR count). The molecule has 4 heteroatoms. The summed E-state index contributed by atoms with van der Waals surface area (Å²) in [5, 5.41) is 1.20. The largest absolute Gasteiger partial charge is 0.494 e. The summed E-state index contributed by atoms with van der Waals surface area (Å²) in [6.07, 6.45) is 4.55. The number of nitrogens with zero attached hydrogens (tertiary/aromatic N) is 3. The van der Waals surface area contributed by atoms with Crippen LogP contribution >= 0.6 is 0 Å². The molecule has 4 nitrogen and oxygen atoms in total. The van der Waals surface area contributed by atoms with E-state index in [1.54, 1.807) is 0 Å². The van der Waals surface area contributed by atoms with E-state index in [9.17, 15) is 0 Å². The second-order valence-electron chi connectivity index (χ2n) is 6.60. The van der Waals surface area contributed by atoms with Gasteiger partial charge in [-0.3, -0.25) is 0 Å². The van der Waals surface area contributed by atoms with Crippen molar-refractivity contribution in [1.82, 2.24) is 14.5 Å². The van der Waals surface area contributed by atoms with E-state index in [0.717, 1.165) is 24.5 Å². The van der Waals surface area contributed by atoms with Gasteiger partial charge in [0.2, 0.25) is 0 Å². The molecule has 1 aromatic carbocycles. The van der Waals surface area contributed by atoms with Gasteiger partial charge in [0.1, 0.15) is 11.4 Å². The Hall–Kier alpha value is -2.33. The number of fused-ring (bicyclic) bond motifs is 1. The summed E-state index contributed by atoms with van der Waals surface area (Å²) in [5.41, 5.74) is 3.52. The molecule has 1 saturated heterocycles. The van der Waals surface area contributed by atoms with Gasteiger partial charge in [-0.05, 0) is 80.9 Å². The quantitative estimate of drug-likeness (QED) is 0.676. The van der Waals surface area contributed by atoms with Crippen molar-refractivity contribution in [3.63, 3.8) is 0 Å². The lowest BCUT2D eigenvalue weighted by Gasteiger charge is -2.17. The normalized spacial score (nSPS) is 15.1. The van der Waals surface area contributed by atoms with Crippen LogP contribution in [0.25, 0.3) is 22.3 Å². The summed E-state index contributed by atoms with van der Waals surface area (Å²) in [6, 6.07) is 14.8. The van der Waals surface area contributed by atoms with Crippen LogP contribution in [0.4, 0.5) is 0 Å². The first-order valence-electron chi connectivity index (χ1n) is 9.25. The van der Waals surface area contributed by atoms with E-state index >= 15 is 0 Å². The van der Waals surface area contributed by atoms with E-state index in [2.05, 4.69) is 50.8 Å². The summed E-state index contributed by atoms with van der Waals surface area (Å²) < 4.78 is 7.94. The predicted octanol–water partition coefficient (Wildman–Crippen LogP) is 4.20. The minimum atomic E-state index is 0.694. The third-order valence-corrected chi connectivity index (χ3v) is 4.96. The first-order valence-corrected chi connectivity index (χ1v) is 9.25. The van der Waals surface area contributed by atoms with Crippen molar-refractivity contribution >= 4 is 11.0 Å². The SMILES string of the molecule is CCOc1ccc(-c2cc3cccnc3n2CCN2CCCC2)cc1. The standard InChI is InChI=1S/C21H25N3O/c1-2-25-19-9-7-17(8-10-19)20-16-18-6-5-11-22-21(18)24(20)15-14-23-12-3-4-13-23/h5-11,16H,2-4,12-15H2,1H3. The molecule has 3 heterocycles. The molecule has 25 heavy (non-hydrogen) atoms. The van der Waals surface area contributed by atoms with Crippen LogP contribution < -0.4 is 4.74 Å². The number of ether oxygens (including phenoxy) is 1. The maximum Gasteiger partial charge on any atom is 0.140 e. The lowest BCUT2D eigenvalue weighted by atomic mass is 10.1. The number of hydrogen-bond donors (Lipinski definition) is 0. The zero-order valence-corrected chi connectivity index (χ0v) is 14.8. The summed E-state index contributed by atoms with van der Waals surface area (Å²) in [6.45, 7) is 7.22. The molecule has 0 N–H and O–H groups in total. The average Bonchev–Trinajstić information content (AvgIpc) is 3.28. The van der Waals surface area contributed by atoms with Crippen LogP contribution in [0.3, 0.4) is 0 Å². The third-order valence-electron chi connectivity index (χ3n) is 4.96. The summed E-state index contributed by atoms with van der Waals surface area (Å²) in [5.74, 6) is 0.920. The van der Waals surface area contributed by atoms with Crippen LogP contribution in [-0.2, 0) is 6.54 Å². The molecule has 2 aromatic heterocycles. The molecule has 0 atom stereocenters. The highest BCUT2D eigenvalue weighted by molar-refractivity contribution is 5.84. The molecule has 0 bridgehead atoms. The maximum absolute atomic E-state index is 5.58. The molecule has 0 aliphatic carbocycles. The Bertz CT molecular complexity index is 832. The van der Waals surface area contributed by atoms with Gasteiger partial charge in [-0.15, -0.1) is 0 Å². The first kappa shape index (κ1) is 16.2. The van der Waals surface area contributed by atoms with Crippen molar-refractivity contribution in [3.8, 4) is 17.0 Å². The van der Waals surface area contributed by atoms with Crippen LogP contribution in [0.5, 0.6) is 5.75 Å². The Labute approximate surface area is 149 Å². The van der Waals surface area contributed by atoms with Crippen LogP contribution in [0.15, 0.2) is 48.7 Å². The van der Waals surface area contributed by atoms with E-state index in [4.69, 9.17) is 4.74 Å². The van der Waals surface area contributed by atoms with Crippen molar-refractivity contribution < 1.29 is 4.74 Å². The molecule has 0 spiro atoms. The molecule has 0 saturated carbocycles. The van der Waals surface area contributed by atoms with Crippen molar-refractivity contribution in [2.24, 2.45) is 0 Å². The topological polar surface area (TPSA) is 30.3 Å². The van der Waals surface area contributed by atoms with Gasteiger partial charge >= 0.3 is 0 Å². The Morgan fingerprint density at radius 3 is 2.60 bits per heavy atom. The minimum Gasteiger partial charge on any atom is -0.494 e. The molecule has 1 aliphatic heterocycles. The highest BCUT2D eigenvalue weighted by atomic mass is 16.5. The number of benzene rings is 1. The van der Waals surface area contributed by atoms with Gasteiger partial charge in [0, 0.05) is 24.7 Å². The van der Waals surface area contributed by atoms with Crippen molar-refractivity contribution in [3.05, 3.63) is 48.7 Å². The zero-order valence-electron chi connectivity index (χ0n) is 14.8.